The number of rotatable bonds is 2. The number of aliphatic hydroxyl groups is 4. The monoisotopic (exact) mass is 514 g/mol. The second-order valence-electron chi connectivity index (χ2n) is 15.9. The fraction of sp³-hybridized carbons (Fsp3) is 0.906. The normalized spacial score (nSPS) is 56.4. The zero-order valence-electron chi connectivity index (χ0n) is 23.7. The maximum absolute atomic E-state index is 14.5. The first-order valence-electron chi connectivity index (χ1n) is 15.1. The molecule has 0 amide bonds. The van der Waals surface area contributed by atoms with Gasteiger partial charge >= 0.3 is 0 Å². The van der Waals surface area contributed by atoms with Crippen LogP contribution in [0, 0.1) is 56.2 Å². The molecule has 2 bridgehead atoms. The molecule has 5 nitrogen and oxygen atoms in total. The van der Waals surface area contributed by atoms with Crippen LogP contribution in [-0.2, 0) is 4.79 Å². The Hall–Kier alpha value is -0.750. The quantitative estimate of drug-likeness (QED) is 0.430. The average molecular weight is 515 g/mol. The highest BCUT2D eigenvalue weighted by atomic mass is 16.3. The van der Waals surface area contributed by atoms with Crippen molar-refractivity contribution in [1.29, 1.82) is 0 Å². The van der Waals surface area contributed by atoms with Crippen LogP contribution in [0.15, 0.2) is 11.6 Å². The van der Waals surface area contributed by atoms with Gasteiger partial charge in [0.1, 0.15) is 0 Å². The summed E-state index contributed by atoms with van der Waals surface area (Å²) in [6.07, 6.45) is 9.45. The number of fused-ring (bicyclic) bond motifs is 8. The van der Waals surface area contributed by atoms with Crippen molar-refractivity contribution in [3.05, 3.63) is 11.6 Å². The van der Waals surface area contributed by atoms with E-state index in [-0.39, 0.29) is 64.3 Å². The van der Waals surface area contributed by atoms with Crippen molar-refractivity contribution in [3.8, 4) is 0 Å². The summed E-state index contributed by atoms with van der Waals surface area (Å²) in [6.45, 7) is 11.5. The van der Waals surface area contributed by atoms with Gasteiger partial charge in [0, 0.05) is 16.7 Å². The molecule has 7 aliphatic carbocycles. The number of carbonyl (C=O) groups excluding carboxylic acids is 1. The Labute approximate surface area is 223 Å². The van der Waals surface area contributed by atoms with Crippen LogP contribution in [0.25, 0.3) is 0 Å². The molecule has 0 heterocycles. The lowest BCUT2D eigenvalue weighted by Crippen LogP contribution is -2.70. The summed E-state index contributed by atoms with van der Waals surface area (Å²) < 4.78 is 0. The summed E-state index contributed by atoms with van der Waals surface area (Å²) in [7, 11) is 0. The summed E-state index contributed by atoms with van der Waals surface area (Å²) in [6, 6.07) is 0. The largest absolute Gasteiger partial charge is 0.396 e. The molecule has 0 spiro atoms. The number of hydrogen-bond donors (Lipinski definition) is 4. The van der Waals surface area contributed by atoms with Crippen molar-refractivity contribution >= 4 is 5.78 Å². The van der Waals surface area contributed by atoms with E-state index >= 15 is 0 Å². The molecule has 0 aromatic heterocycles. The molecule has 7 rings (SSSR count). The third-order valence-corrected chi connectivity index (χ3v) is 14.3. The third-order valence-electron chi connectivity index (χ3n) is 14.3. The van der Waals surface area contributed by atoms with Crippen LogP contribution in [0.4, 0.5) is 0 Å². The van der Waals surface area contributed by atoms with Gasteiger partial charge in [0.15, 0.2) is 5.78 Å². The van der Waals surface area contributed by atoms with Crippen molar-refractivity contribution in [2.24, 2.45) is 56.2 Å². The molecular weight excluding hydrogens is 464 g/mol. The number of hydrogen-bond acceptors (Lipinski definition) is 5. The van der Waals surface area contributed by atoms with Gasteiger partial charge in [-0.2, -0.15) is 0 Å². The van der Waals surface area contributed by atoms with Crippen molar-refractivity contribution < 1.29 is 25.2 Å². The van der Waals surface area contributed by atoms with E-state index < -0.39 is 23.0 Å². The first kappa shape index (κ1) is 26.5. The molecule has 0 saturated heterocycles. The fourth-order valence-corrected chi connectivity index (χ4v) is 12.0. The van der Waals surface area contributed by atoms with Crippen LogP contribution in [-0.4, -0.2) is 51.6 Å². The first-order chi connectivity index (χ1) is 17.3. The molecular formula is C32H50O5. The fourth-order valence-electron chi connectivity index (χ4n) is 12.0. The summed E-state index contributed by atoms with van der Waals surface area (Å²) in [5.74, 6) is 0.447. The Balaban J connectivity index is 1.52. The molecule has 0 aromatic rings. The summed E-state index contributed by atoms with van der Waals surface area (Å²) in [5, 5.41) is 44.6. The van der Waals surface area contributed by atoms with Crippen molar-refractivity contribution in [1.82, 2.24) is 0 Å². The van der Waals surface area contributed by atoms with Crippen molar-refractivity contribution in [2.45, 2.75) is 111 Å². The first-order valence-corrected chi connectivity index (χ1v) is 15.1. The molecule has 0 aromatic carbocycles. The second-order valence-corrected chi connectivity index (χ2v) is 15.9. The highest BCUT2D eigenvalue weighted by Crippen LogP contribution is 2.77. The molecule has 7 aliphatic rings. The highest BCUT2D eigenvalue weighted by molar-refractivity contribution is 5.95. The Morgan fingerprint density at radius 1 is 0.865 bits per heavy atom. The molecule has 11 unspecified atom stereocenters. The summed E-state index contributed by atoms with van der Waals surface area (Å²) in [5.41, 5.74) is -0.687. The third kappa shape index (κ3) is 2.99. The summed E-state index contributed by atoms with van der Waals surface area (Å²) >= 11 is 0. The molecule has 11 atom stereocenters. The van der Waals surface area contributed by atoms with E-state index in [0.717, 1.165) is 51.4 Å². The molecule has 6 fully saturated rings. The van der Waals surface area contributed by atoms with Gasteiger partial charge in [0.05, 0.1) is 25.4 Å². The molecule has 37 heavy (non-hydrogen) atoms. The van der Waals surface area contributed by atoms with Gasteiger partial charge in [-0.3, -0.25) is 4.79 Å². The highest BCUT2D eigenvalue weighted by Gasteiger charge is 2.74. The van der Waals surface area contributed by atoms with Crippen LogP contribution in [0.5, 0.6) is 0 Å². The van der Waals surface area contributed by atoms with Gasteiger partial charge in [-0.05, 0) is 103 Å². The van der Waals surface area contributed by atoms with Crippen LogP contribution in [0.2, 0.25) is 0 Å². The van der Waals surface area contributed by atoms with Gasteiger partial charge in [-0.1, -0.05) is 46.6 Å². The Morgan fingerprint density at radius 2 is 1.57 bits per heavy atom. The lowest BCUT2D eigenvalue weighted by atomic mass is 9.32. The predicted molar refractivity (Wildman–Crippen MR) is 142 cm³/mol. The zero-order valence-corrected chi connectivity index (χ0v) is 23.7. The second kappa shape index (κ2) is 7.92. The maximum atomic E-state index is 14.5. The Morgan fingerprint density at radius 3 is 2.24 bits per heavy atom. The molecule has 208 valence electrons. The molecule has 6 saturated carbocycles. The van der Waals surface area contributed by atoms with E-state index in [2.05, 4.69) is 34.6 Å². The zero-order chi connectivity index (χ0) is 26.8. The summed E-state index contributed by atoms with van der Waals surface area (Å²) in [4.78, 5) is 14.5. The smallest absolute Gasteiger partial charge is 0.159 e. The SMILES string of the molecule is CC1(C)CCC2(CO)C(O)CC3(C)C(=CC(=O)C4C5(C)C6CCCC(CO)(C(O)C6)C5CCC43C)C2C1. The van der Waals surface area contributed by atoms with E-state index in [4.69, 9.17) is 0 Å². The van der Waals surface area contributed by atoms with E-state index in [1.165, 1.54) is 5.57 Å². The molecule has 0 radical (unpaired) electrons. The van der Waals surface area contributed by atoms with E-state index in [1.54, 1.807) is 0 Å². The van der Waals surface area contributed by atoms with E-state index in [1.807, 2.05) is 6.08 Å². The number of ketones is 1. The van der Waals surface area contributed by atoms with Gasteiger partial charge in [-0.25, -0.2) is 0 Å². The molecule has 4 N–H and O–H groups in total. The predicted octanol–water partition coefficient (Wildman–Crippen LogP) is 4.65. The Bertz CT molecular complexity index is 1020. The lowest BCUT2D eigenvalue weighted by molar-refractivity contribution is -0.238. The minimum atomic E-state index is -0.590. The lowest BCUT2D eigenvalue weighted by Gasteiger charge is -2.72. The van der Waals surface area contributed by atoms with E-state index in [9.17, 15) is 25.2 Å². The van der Waals surface area contributed by atoms with Crippen LogP contribution in [0.3, 0.4) is 0 Å². The van der Waals surface area contributed by atoms with Crippen molar-refractivity contribution in [2.75, 3.05) is 13.2 Å². The van der Waals surface area contributed by atoms with E-state index in [0.29, 0.717) is 12.8 Å². The van der Waals surface area contributed by atoms with Crippen LogP contribution in [0.1, 0.15) is 98.8 Å². The van der Waals surface area contributed by atoms with Crippen molar-refractivity contribution in [3.63, 3.8) is 0 Å². The number of carbonyl (C=O) groups is 1. The Kier molecular flexibility index (Phi) is 5.67. The molecule has 0 aliphatic heterocycles. The average Bonchev–Trinajstić information content (AvgIpc) is 3.07. The van der Waals surface area contributed by atoms with Crippen LogP contribution < -0.4 is 0 Å². The van der Waals surface area contributed by atoms with Gasteiger partial charge in [0.25, 0.3) is 0 Å². The topological polar surface area (TPSA) is 98.0 Å². The van der Waals surface area contributed by atoms with Gasteiger partial charge < -0.3 is 20.4 Å². The maximum Gasteiger partial charge on any atom is 0.159 e. The van der Waals surface area contributed by atoms with Crippen LogP contribution >= 0.6 is 0 Å². The van der Waals surface area contributed by atoms with Gasteiger partial charge in [-0.15, -0.1) is 0 Å². The van der Waals surface area contributed by atoms with Gasteiger partial charge in [0.2, 0.25) is 0 Å². The minimum absolute atomic E-state index is 0.00792. The minimum Gasteiger partial charge on any atom is -0.396 e. The standard InChI is InChI=1S/C32H50O5/c1-27(2)11-12-31(17-33)21(15-27)20-14-22(35)26-28(3,29(20,4)16-25(31)37)10-8-23-30(26,5)19-7-6-9-32(23,18-34)24(36)13-19/h14,19,21,23-26,33-34,36-37H,6-13,15-18H2,1-5H3. The number of allylic oxidation sites excluding steroid dienone is 2. The molecule has 5 heteroatoms. The number of aliphatic hydroxyl groups excluding tert-OH is 4.